The number of carbonyl (C=O) groups is 1. The van der Waals surface area contributed by atoms with E-state index in [-0.39, 0.29) is 27.0 Å². The first-order valence-electron chi connectivity index (χ1n) is 8.26. The second kappa shape index (κ2) is 7.88. The molecule has 160 valence electrons. The Balaban J connectivity index is 1.93. The van der Waals surface area contributed by atoms with Crippen LogP contribution in [0.5, 0.6) is 0 Å². The molecule has 2 aromatic heterocycles. The molecular formula is C17H13Cl2F4N5O2. The molecule has 0 unspecified atom stereocenters. The number of ether oxygens (including phenoxy) is 1. The molecule has 3 N–H and O–H groups in total. The molecule has 3 rings (SSSR count). The Kier molecular flexibility index (Phi) is 5.79. The van der Waals surface area contributed by atoms with Crippen LogP contribution in [0.15, 0.2) is 29.5 Å². The van der Waals surface area contributed by atoms with Crippen LogP contribution >= 0.6 is 23.2 Å². The Labute approximate surface area is 177 Å². The average molecular weight is 466 g/mol. The summed E-state index contributed by atoms with van der Waals surface area (Å²) < 4.78 is 58.4. The third-order valence-corrected chi connectivity index (χ3v) is 4.76. The van der Waals surface area contributed by atoms with E-state index in [2.05, 4.69) is 25.0 Å². The van der Waals surface area contributed by atoms with E-state index in [0.29, 0.717) is 0 Å². The molecule has 1 aliphatic rings. The third kappa shape index (κ3) is 4.57. The summed E-state index contributed by atoms with van der Waals surface area (Å²) in [5, 5.41) is 2.59. The molecule has 30 heavy (non-hydrogen) atoms. The number of amidine groups is 1. The molecule has 3 heterocycles. The summed E-state index contributed by atoms with van der Waals surface area (Å²) in [4.78, 5) is 23.6. The highest BCUT2D eigenvalue weighted by atomic mass is 35.5. The smallest absolute Gasteiger partial charge is 0.425 e. The first-order chi connectivity index (χ1) is 13.9. The molecule has 1 amide bonds. The van der Waals surface area contributed by atoms with Crippen LogP contribution in [0.1, 0.15) is 29.4 Å². The van der Waals surface area contributed by atoms with Gasteiger partial charge in [-0.3, -0.25) is 4.79 Å². The van der Waals surface area contributed by atoms with E-state index in [1.807, 2.05) is 0 Å². The van der Waals surface area contributed by atoms with Crippen LogP contribution < -0.4 is 11.1 Å². The monoisotopic (exact) mass is 465 g/mol. The van der Waals surface area contributed by atoms with Crippen LogP contribution in [0.4, 0.5) is 23.2 Å². The van der Waals surface area contributed by atoms with Crippen LogP contribution in [0, 0.1) is 5.95 Å². The number of alkyl halides is 3. The van der Waals surface area contributed by atoms with Gasteiger partial charge in [0.1, 0.15) is 5.69 Å². The predicted molar refractivity (Wildman–Crippen MR) is 101 cm³/mol. The molecule has 13 heteroatoms. The summed E-state index contributed by atoms with van der Waals surface area (Å²) in [6, 6.07) is 1.67. The van der Waals surface area contributed by atoms with E-state index < -0.39 is 42.1 Å². The number of aliphatic imine (C=N–C) groups is 1. The molecule has 1 aliphatic heterocycles. The van der Waals surface area contributed by atoms with Crippen LogP contribution in [-0.2, 0) is 10.3 Å². The highest BCUT2D eigenvalue weighted by Gasteiger charge is 2.50. The highest BCUT2D eigenvalue weighted by Crippen LogP contribution is 2.41. The Morgan fingerprint density at radius 2 is 2.00 bits per heavy atom. The van der Waals surface area contributed by atoms with Crippen molar-refractivity contribution >= 4 is 40.8 Å². The summed E-state index contributed by atoms with van der Waals surface area (Å²) >= 11 is 11.7. The zero-order chi connectivity index (χ0) is 22.3. The van der Waals surface area contributed by atoms with E-state index in [4.69, 9.17) is 28.9 Å². The van der Waals surface area contributed by atoms with Crippen LogP contribution in [0.3, 0.4) is 0 Å². The fourth-order valence-corrected chi connectivity index (χ4v) is 3.35. The largest absolute Gasteiger partial charge is 0.452 e. The maximum Gasteiger partial charge on any atom is 0.425 e. The second-order valence-corrected chi connectivity index (χ2v) is 7.42. The molecule has 0 fully saturated rings. The van der Waals surface area contributed by atoms with Gasteiger partial charge in [0, 0.05) is 18.2 Å². The van der Waals surface area contributed by atoms with Crippen molar-refractivity contribution < 1.29 is 27.1 Å². The number of hydrogen-bond acceptors (Lipinski definition) is 6. The highest BCUT2D eigenvalue weighted by molar-refractivity contribution is 6.36. The van der Waals surface area contributed by atoms with E-state index in [1.54, 1.807) is 0 Å². The predicted octanol–water partition coefficient (Wildman–Crippen LogP) is 4.06. The lowest BCUT2D eigenvalue weighted by molar-refractivity contribution is -0.208. The fourth-order valence-electron chi connectivity index (χ4n) is 2.88. The number of amides is 1. The lowest BCUT2D eigenvalue weighted by Crippen LogP contribution is -2.46. The molecule has 2 aromatic rings. The van der Waals surface area contributed by atoms with Gasteiger partial charge in [0.05, 0.1) is 27.5 Å². The standard InChI is InChI=1S/C17H13Cl2F4N5O2/c1-16(4-11(17(21,22)23)30-15(24)28-16)9-3-8(6-26-13(9)20)27-14(29)12-10(19)2-7(18)5-25-12/h2-3,5-6,11H,4H2,1H3,(H2,24,28)(H,27,29)/t11-,16+/m0/s1. The number of nitrogens with zero attached hydrogens (tertiary/aromatic N) is 3. The molecule has 0 bridgehead atoms. The lowest BCUT2D eigenvalue weighted by atomic mass is 9.86. The van der Waals surface area contributed by atoms with Crippen molar-refractivity contribution in [3.05, 3.63) is 51.8 Å². The Bertz CT molecular complexity index is 1030. The number of anilines is 1. The first-order valence-corrected chi connectivity index (χ1v) is 9.02. The Morgan fingerprint density at radius 1 is 1.30 bits per heavy atom. The van der Waals surface area contributed by atoms with E-state index >= 15 is 0 Å². The molecule has 7 nitrogen and oxygen atoms in total. The molecule has 0 saturated heterocycles. The SMILES string of the molecule is C[C@]1(c2cc(NC(=O)c3ncc(Cl)cc3Cl)cnc2F)C[C@@H](C(F)(F)F)OC(N)=N1. The number of nitrogens with two attached hydrogens (primary N) is 1. The van der Waals surface area contributed by atoms with Crippen molar-refractivity contribution in [2.75, 3.05) is 5.32 Å². The minimum Gasteiger partial charge on any atom is -0.452 e. The number of halogens is 6. The van der Waals surface area contributed by atoms with Crippen molar-refractivity contribution in [1.82, 2.24) is 9.97 Å². The van der Waals surface area contributed by atoms with E-state index in [9.17, 15) is 22.4 Å². The summed E-state index contributed by atoms with van der Waals surface area (Å²) in [6.45, 7) is 1.25. The summed E-state index contributed by atoms with van der Waals surface area (Å²) in [5.74, 6) is -1.83. The van der Waals surface area contributed by atoms with E-state index in [0.717, 1.165) is 12.3 Å². The van der Waals surface area contributed by atoms with Crippen molar-refractivity contribution in [1.29, 1.82) is 0 Å². The maximum absolute atomic E-state index is 14.4. The van der Waals surface area contributed by atoms with Crippen LogP contribution in [0.25, 0.3) is 0 Å². The zero-order valence-corrected chi connectivity index (χ0v) is 16.6. The molecule has 2 atom stereocenters. The number of nitrogens with one attached hydrogen (secondary N) is 1. The molecule has 0 aliphatic carbocycles. The fraction of sp³-hybridized carbons (Fsp3) is 0.294. The van der Waals surface area contributed by atoms with Crippen molar-refractivity contribution in [2.45, 2.75) is 31.2 Å². The molecule has 0 radical (unpaired) electrons. The number of rotatable bonds is 3. The Morgan fingerprint density at radius 3 is 2.63 bits per heavy atom. The minimum absolute atomic E-state index is 0.0192. The number of hydrogen-bond donors (Lipinski definition) is 2. The topological polar surface area (TPSA) is 102 Å². The number of aromatic nitrogens is 2. The van der Waals surface area contributed by atoms with Crippen LogP contribution in [0.2, 0.25) is 10.0 Å². The average Bonchev–Trinajstić information content (AvgIpc) is 2.61. The van der Waals surface area contributed by atoms with Gasteiger partial charge in [-0.25, -0.2) is 15.0 Å². The Hall–Kier alpha value is -2.66. The van der Waals surface area contributed by atoms with Crippen molar-refractivity contribution in [3.8, 4) is 0 Å². The van der Waals surface area contributed by atoms with Gasteiger partial charge in [0.15, 0.2) is 6.10 Å². The van der Waals surface area contributed by atoms with Gasteiger partial charge in [-0.1, -0.05) is 23.2 Å². The lowest BCUT2D eigenvalue weighted by Gasteiger charge is -2.35. The number of pyridine rings is 2. The number of carbonyl (C=O) groups excluding carboxylic acids is 1. The second-order valence-electron chi connectivity index (χ2n) is 6.58. The molecule has 0 saturated carbocycles. The van der Waals surface area contributed by atoms with E-state index in [1.165, 1.54) is 19.2 Å². The van der Waals surface area contributed by atoms with Gasteiger partial charge >= 0.3 is 6.18 Å². The van der Waals surface area contributed by atoms with Gasteiger partial charge in [0.25, 0.3) is 11.9 Å². The van der Waals surface area contributed by atoms with Gasteiger partial charge in [-0.15, -0.1) is 0 Å². The minimum atomic E-state index is -4.74. The normalized spacial score (nSPS) is 21.6. The summed E-state index contributed by atoms with van der Waals surface area (Å²) in [6.07, 6.45) is -5.58. The maximum atomic E-state index is 14.4. The van der Waals surface area contributed by atoms with Gasteiger partial charge in [0.2, 0.25) is 5.95 Å². The summed E-state index contributed by atoms with van der Waals surface area (Å²) in [7, 11) is 0. The molecule has 0 spiro atoms. The third-order valence-electron chi connectivity index (χ3n) is 4.27. The molecular weight excluding hydrogens is 453 g/mol. The zero-order valence-electron chi connectivity index (χ0n) is 15.1. The van der Waals surface area contributed by atoms with Gasteiger partial charge in [-0.05, 0) is 19.1 Å². The van der Waals surface area contributed by atoms with Crippen molar-refractivity contribution in [2.24, 2.45) is 10.7 Å². The van der Waals surface area contributed by atoms with Crippen LogP contribution in [-0.4, -0.2) is 34.2 Å². The first kappa shape index (κ1) is 22.0. The van der Waals surface area contributed by atoms with Gasteiger partial charge < -0.3 is 15.8 Å². The molecule has 0 aromatic carbocycles. The quantitative estimate of drug-likeness (QED) is 0.525. The van der Waals surface area contributed by atoms with Gasteiger partial charge in [-0.2, -0.15) is 17.6 Å². The summed E-state index contributed by atoms with van der Waals surface area (Å²) in [5.41, 5.74) is 3.16. The van der Waals surface area contributed by atoms with Crippen molar-refractivity contribution in [3.63, 3.8) is 0 Å².